The van der Waals surface area contributed by atoms with Gasteiger partial charge in [-0.1, -0.05) is 5.16 Å². The van der Waals surface area contributed by atoms with Crippen LogP contribution in [0.4, 0.5) is 0 Å². The Labute approximate surface area is 136 Å². The Morgan fingerprint density at radius 1 is 1.39 bits per heavy atom. The molecule has 3 rings (SSSR count). The van der Waals surface area contributed by atoms with Crippen molar-refractivity contribution >= 4 is 5.91 Å². The summed E-state index contributed by atoms with van der Waals surface area (Å²) in [6.07, 6.45) is 4.78. The van der Waals surface area contributed by atoms with E-state index in [0.29, 0.717) is 32.1 Å². The van der Waals surface area contributed by atoms with Gasteiger partial charge >= 0.3 is 0 Å². The number of rotatable bonds is 6. The first-order valence-corrected chi connectivity index (χ1v) is 8.49. The second-order valence-electron chi connectivity index (χ2n) is 6.31. The molecule has 2 aliphatic rings. The van der Waals surface area contributed by atoms with E-state index in [1.807, 2.05) is 4.90 Å². The summed E-state index contributed by atoms with van der Waals surface area (Å²) in [5, 5.41) is 3.99. The van der Waals surface area contributed by atoms with Gasteiger partial charge in [0.1, 0.15) is 0 Å². The molecule has 23 heavy (non-hydrogen) atoms. The third-order valence-corrected chi connectivity index (χ3v) is 4.47. The van der Waals surface area contributed by atoms with Crippen LogP contribution in [0.2, 0.25) is 0 Å². The van der Waals surface area contributed by atoms with E-state index in [1.54, 1.807) is 6.92 Å². The number of hydrogen-bond donors (Lipinski definition) is 0. The van der Waals surface area contributed by atoms with Gasteiger partial charge in [0.25, 0.3) is 0 Å². The second kappa shape index (κ2) is 7.88. The van der Waals surface area contributed by atoms with Crippen LogP contribution in [0.3, 0.4) is 0 Å². The van der Waals surface area contributed by atoms with Crippen LogP contribution in [0.5, 0.6) is 0 Å². The molecule has 128 valence electrons. The number of carbonyl (C=O) groups is 1. The second-order valence-corrected chi connectivity index (χ2v) is 6.31. The van der Waals surface area contributed by atoms with Crippen LogP contribution in [0, 0.1) is 6.92 Å². The van der Waals surface area contributed by atoms with E-state index in [4.69, 9.17) is 14.0 Å². The van der Waals surface area contributed by atoms with Gasteiger partial charge in [0, 0.05) is 32.5 Å². The summed E-state index contributed by atoms with van der Waals surface area (Å²) in [4.78, 5) is 18.5. The highest BCUT2D eigenvalue weighted by Crippen LogP contribution is 2.25. The van der Waals surface area contributed by atoms with Crippen LogP contribution >= 0.6 is 0 Å². The number of ether oxygens (including phenoxy) is 2. The van der Waals surface area contributed by atoms with E-state index < -0.39 is 0 Å². The van der Waals surface area contributed by atoms with Crippen molar-refractivity contribution < 1.29 is 18.8 Å². The molecule has 3 heterocycles. The summed E-state index contributed by atoms with van der Waals surface area (Å²) in [5.74, 6) is 1.61. The van der Waals surface area contributed by atoms with Crippen molar-refractivity contribution in [2.75, 3.05) is 32.9 Å². The van der Waals surface area contributed by atoms with E-state index >= 15 is 0 Å². The highest BCUT2D eigenvalue weighted by molar-refractivity contribution is 5.76. The van der Waals surface area contributed by atoms with Gasteiger partial charge in [-0.2, -0.15) is 4.98 Å². The lowest BCUT2D eigenvalue weighted by Gasteiger charge is -2.31. The molecule has 0 bridgehead atoms. The third-order valence-electron chi connectivity index (χ3n) is 4.47. The fourth-order valence-corrected chi connectivity index (χ4v) is 3.20. The molecule has 1 aromatic heterocycles. The third kappa shape index (κ3) is 4.51. The molecule has 7 heteroatoms. The maximum atomic E-state index is 12.3. The van der Waals surface area contributed by atoms with Crippen LogP contribution in [0.1, 0.15) is 49.7 Å². The number of aromatic nitrogens is 2. The standard InChI is InChI=1S/C16H25N3O4/c1-12-17-16(18-23-12)13-4-2-7-19(10-13)15(20)6-9-21-11-14-5-3-8-22-14/h13-14H,2-11H2,1H3. The van der Waals surface area contributed by atoms with Gasteiger partial charge in [0.15, 0.2) is 5.82 Å². The Morgan fingerprint density at radius 2 is 2.30 bits per heavy atom. The quantitative estimate of drug-likeness (QED) is 0.741. The minimum absolute atomic E-state index is 0.141. The maximum absolute atomic E-state index is 12.3. The average Bonchev–Trinajstić information content (AvgIpc) is 3.23. The Hall–Kier alpha value is -1.47. The van der Waals surface area contributed by atoms with Crippen LogP contribution in [-0.2, 0) is 14.3 Å². The fourth-order valence-electron chi connectivity index (χ4n) is 3.20. The number of likely N-dealkylation sites (tertiary alicyclic amines) is 1. The Morgan fingerprint density at radius 3 is 3.04 bits per heavy atom. The van der Waals surface area contributed by atoms with Crippen molar-refractivity contribution in [2.45, 2.75) is 51.0 Å². The van der Waals surface area contributed by atoms with Crippen molar-refractivity contribution in [3.8, 4) is 0 Å². The first-order chi connectivity index (χ1) is 11.2. The lowest BCUT2D eigenvalue weighted by atomic mass is 9.97. The monoisotopic (exact) mass is 323 g/mol. The molecule has 2 fully saturated rings. The van der Waals surface area contributed by atoms with Gasteiger partial charge in [-0.25, -0.2) is 0 Å². The molecule has 1 amide bonds. The van der Waals surface area contributed by atoms with Gasteiger partial charge in [0.05, 0.1) is 25.7 Å². The average molecular weight is 323 g/mol. The lowest BCUT2D eigenvalue weighted by molar-refractivity contribution is -0.133. The van der Waals surface area contributed by atoms with Crippen LogP contribution in [0.15, 0.2) is 4.52 Å². The number of piperidine rings is 1. The molecule has 2 saturated heterocycles. The zero-order valence-corrected chi connectivity index (χ0v) is 13.7. The van der Waals surface area contributed by atoms with Gasteiger partial charge in [0.2, 0.25) is 11.8 Å². The first-order valence-electron chi connectivity index (χ1n) is 8.49. The van der Waals surface area contributed by atoms with Crippen molar-refractivity contribution in [2.24, 2.45) is 0 Å². The minimum atomic E-state index is 0.141. The predicted molar refractivity (Wildman–Crippen MR) is 82.0 cm³/mol. The molecule has 0 radical (unpaired) electrons. The topological polar surface area (TPSA) is 77.7 Å². The molecule has 0 N–H and O–H groups in total. The molecule has 2 unspecified atom stereocenters. The van der Waals surface area contributed by atoms with E-state index in [0.717, 1.165) is 44.7 Å². The zero-order valence-electron chi connectivity index (χ0n) is 13.7. The lowest BCUT2D eigenvalue weighted by Crippen LogP contribution is -2.39. The summed E-state index contributed by atoms with van der Waals surface area (Å²) in [5.41, 5.74) is 0. The maximum Gasteiger partial charge on any atom is 0.224 e. The first kappa shape index (κ1) is 16.4. The van der Waals surface area contributed by atoms with E-state index in [9.17, 15) is 4.79 Å². The number of carbonyl (C=O) groups excluding carboxylic acids is 1. The molecule has 0 spiro atoms. The zero-order chi connectivity index (χ0) is 16.1. The van der Waals surface area contributed by atoms with Crippen molar-refractivity contribution in [3.63, 3.8) is 0 Å². The van der Waals surface area contributed by atoms with Crippen LogP contribution < -0.4 is 0 Å². The highest BCUT2D eigenvalue weighted by atomic mass is 16.5. The van der Waals surface area contributed by atoms with Crippen molar-refractivity contribution in [1.82, 2.24) is 15.0 Å². The molecule has 2 aliphatic heterocycles. The van der Waals surface area contributed by atoms with E-state index in [2.05, 4.69) is 10.1 Å². The summed E-state index contributed by atoms with van der Waals surface area (Å²) in [6, 6.07) is 0. The molecular weight excluding hydrogens is 298 g/mol. The normalized spacial score (nSPS) is 25.0. The molecule has 1 aromatic rings. The summed E-state index contributed by atoms with van der Waals surface area (Å²) in [6.45, 7) is 5.14. The molecule has 7 nitrogen and oxygen atoms in total. The summed E-state index contributed by atoms with van der Waals surface area (Å²) < 4.78 is 16.1. The Kier molecular flexibility index (Phi) is 5.61. The number of nitrogens with zero attached hydrogens (tertiary/aromatic N) is 3. The molecule has 2 atom stereocenters. The fraction of sp³-hybridized carbons (Fsp3) is 0.812. The van der Waals surface area contributed by atoms with Crippen molar-refractivity contribution in [3.05, 3.63) is 11.7 Å². The van der Waals surface area contributed by atoms with Gasteiger partial charge in [-0.15, -0.1) is 0 Å². The number of hydrogen-bond acceptors (Lipinski definition) is 6. The molecule has 0 aromatic carbocycles. The van der Waals surface area contributed by atoms with Gasteiger partial charge < -0.3 is 18.9 Å². The van der Waals surface area contributed by atoms with Gasteiger partial charge in [-0.3, -0.25) is 4.79 Å². The van der Waals surface area contributed by atoms with Crippen LogP contribution in [-0.4, -0.2) is 60.0 Å². The Balaban J connectivity index is 1.40. The largest absolute Gasteiger partial charge is 0.378 e. The minimum Gasteiger partial charge on any atom is -0.378 e. The SMILES string of the molecule is Cc1nc(C2CCCN(C(=O)CCOCC3CCCO3)C2)no1. The Bertz CT molecular complexity index is 513. The van der Waals surface area contributed by atoms with Gasteiger partial charge in [-0.05, 0) is 25.7 Å². The summed E-state index contributed by atoms with van der Waals surface area (Å²) in [7, 11) is 0. The van der Waals surface area contributed by atoms with Crippen molar-refractivity contribution in [1.29, 1.82) is 0 Å². The summed E-state index contributed by atoms with van der Waals surface area (Å²) >= 11 is 0. The van der Waals surface area contributed by atoms with E-state index in [-0.39, 0.29) is 17.9 Å². The number of aryl methyl sites for hydroxylation is 1. The molecule has 0 saturated carbocycles. The smallest absolute Gasteiger partial charge is 0.224 e. The molecule has 0 aliphatic carbocycles. The van der Waals surface area contributed by atoms with E-state index in [1.165, 1.54) is 0 Å². The number of amides is 1. The molecular formula is C16H25N3O4. The highest BCUT2D eigenvalue weighted by Gasteiger charge is 2.27. The van der Waals surface area contributed by atoms with Crippen LogP contribution in [0.25, 0.3) is 0 Å². The predicted octanol–water partition coefficient (Wildman–Crippen LogP) is 1.67.